The topological polar surface area (TPSA) is 68.5 Å². The van der Waals surface area contributed by atoms with Crippen LogP contribution in [0, 0.1) is 6.92 Å². The smallest absolute Gasteiger partial charge is 0.262 e. The van der Waals surface area contributed by atoms with Crippen molar-refractivity contribution in [2.45, 2.75) is 6.92 Å². The van der Waals surface area contributed by atoms with Gasteiger partial charge in [0.05, 0.1) is 10.8 Å². The molecular weight excluding hydrogens is 378 g/mol. The average Bonchev–Trinajstić information content (AvgIpc) is 2.69. The molecule has 4 rings (SSSR count). The summed E-state index contributed by atoms with van der Waals surface area (Å²) in [5.74, 6) is 0.302. The van der Waals surface area contributed by atoms with Gasteiger partial charge in [-0.25, -0.2) is 0 Å². The van der Waals surface area contributed by atoms with E-state index in [1.165, 1.54) is 0 Å². The molecule has 0 radical (unpaired) electrons. The number of carbonyl (C=O) groups excluding carboxylic acids is 1. The molecule has 0 spiro atoms. The number of hydrogen-bond acceptors (Lipinski definition) is 4. The normalized spacial score (nSPS) is 10.9. The Morgan fingerprint density at radius 3 is 2.57 bits per heavy atom. The summed E-state index contributed by atoms with van der Waals surface area (Å²) in [4.78, 5) is 24.9. The van der Waals surface area contributed by atoms with Crippen LogP contribution in [0.15, 0.2) is 69.9 Å². The summed E-state index contributed by atoms with van der Waals surface area (Å²) in [6.07, 6.45) is 0. The summed E-state index contributed by atoms with van der Waals surface area (Å²) in [7, 11) is 0. The standard InChI is InChI=1S/C22H16ClNO4/c1-13-9-19-17(11-18(13)23)22(26)16-8-7-14(10-20(16)28-19)24-21(25)12-27-15-5-3-2-4-6-15/h2-11H,12H2,1H3,(H,24,25). The molecule has 1 amide bonds. The van der Waals surface area contributed by atoms with Crippen LogP contribution in [0.1, 0.15) is 5.56 Å². The van der Waals surface area contributed by atoms with Crippen molar-refractivity contribution in [1.82, 2.24) is 0 Å². The second-order valence-corrected chi connectivity index (χ2v) is 6.80. The lowest BCUT2D eigenvalue weighted by molar-refractivity contribution is -0.118. The van der Waals surface area contributed by atoms with Gasteiger partial charge >= 0.3 is 0 Å². The summed E-state index contributed by atoms with van der Waals surface area (Å²) >= 11 is 6.13. The van der Waals surface area contributed by atoms with Crippen molar-refractivity contribution in [3.63, 3.8) is 0 Å². The van der Waals surface area contributed by atoms with E-state index in [-0.39, 0.29) is 17.9 Å². The minimum absolute atomic E-state index is 0.124. The van der Waals surface area contributed by atoms with E-state index in [9.17, 15) is 9.59 Å². The van der Waals surface area contributed by atoms with Crippen LogP contribution < -0.4 is 15.5 Å². The van der Waals surface area contributed by atoms with Gasteiger partial charge in [0.25, 0.3) is 5.91 Å². The largest absolute Gasteiger partial charge is 0.484 e. The minimum atomic E-state index is -0.311. The zero-order valence-electron chi connectivity index (χ0n) is 15.0. The number of rotatable bonds is 4. The lowest BCUT2D eigenvalue weighted by atomic mass is 10.1. The lowest BCUT2D eigenvalue weighted by Gasteiger charge is -2.09. The fourth-order valence-corrected chi connectivity index (χ4v) is 3.08. The Labute approximate surface area is 165 Å². The molecule has 3 aromatic carbocycles. The Hall–Kier alpha value is -3.31. The Balaban J connectivity index is 1.60. The monoisotopic (exact) mass is 393 g/mol. The maximum atomic E-state index is 12.7. The lowest BCUT2D eigenvalue weighted by Crippen LogP contribution is -2.20. The molecule has 0 bridgehead atoms. The third-order valence-corrected chi connectivity index (χ3v) is 4.76. The highest BCUT2D eigenvalue weighted by atomic mass is 35.5. The molecule has 28 heavy (non-hydrogen) atoms. The number of amides is 1. The Morgan fingerprint density at radius 1 is 1.04 bits per heavy atom. The average molecular weight is 394 g/mol. The van der Waals surface area contributed by atoms with E-state index in [0.717, 1.165) is 5.56 Å². The Bertz CT molecular complexity index is 1250. The fraction of sp³-hybridized carbons (Fsp3) is 0.0909. The van der Waals surface area contributed by atoms with E-state index in [0.29, 0.717) is 38.4 Å². The molecule has 0 aliphatic heterocycles. The van der Waals surface area contributed by atoms with Crippen molar-refractivity contribution in [2.75, 3.05) is 11.9 Å². The van der Waals surface area contributed by atoms with Gasteiger partial charge in [0.2, 0.25) is 5.43 Å². The highest BCUT2D eigenvalue weighted by Gasteiger charge is 2.11. The van der Waals surface area contributed by atoms with Crippen LogP contribution in [-0.2, 0) is 4.79 Å². The number of benzene rings is 3. The summed E-state index contributed by atoms with van der Waals surface area (Å²) in [6.45, 7) is 1.72. The second-order valence-electron chi connectivity index (χ2n) is 6.39. The first kappa shape index (κ1) is 18.1. The molecule has 5 nitrogen and oxygen atoms in total. The molecule has 1 heterocycles. The number of halogens is 1. The molecule has 4 aromatic rings. The van der Waals surface area contributed by atoms with E-state index >= 15 is 0 Å². The third kappa shape index (κ3) is 3.57. The first-order valence-corrected chi connectivity index (χ1v) is 9.03. The predicted molar refractivity (Wildman–Crippen MR) is 110 cm³/mol. The van der Waals surface area contributed by atoms with Crippen LogP contribution in [0.25, 0.3) is 21.9 Å². The van der Waals surface area contributed by atoms with E-state index < -0.39 is 0 Å². The number of aryl methyl sites for hydroxylation is 1. The van der Waals surface area contributed by atoms with Gasteiger partial charge < -0.3 is 14.5 Å². The van der Waals surface area contributed by atoms with Gasteiger partial charge in [0.1, 0.15) is 16.9 Å². The van der Waals surface area contributed by atoms with Crippen molar-refractivity contribution in [2.24, 2.45) is 0 Å². The van der Waals surface area contributed by atoms with Gasteiger partial charge in [-0.2, -0.15) is 0 Å². The van der Waals surface area contributed by atoms with Crippen molar-refractivity contribution in [3.8, 4) is 5.75 Å². The zero-order valence-corrected chi connectivity index (χ0v) is 15.7. The van der Waals surface area contributed by atoms with Gasteiger partial charge in [0, 0.05) is 16.8 Å². The van der Waals surface area contributed by atoms with Crippen LogP contribution >= 0.6 is 11.6 Å². The molecule has 0 aliphatic rings. The minimum Gasteiger partial charge on any atom is -0.484 e. The van der Waals surface area contributed by atoms with Gasteiger partial charge in [-0.05, 0) is 48.9 Å². The molecule has 0 atom stereocenters. The van der Waals surface area contributed by atoms with Crippen molar-refractivity contribution >= 4 is 45.1 Å². The van der Waals surface area contributed by atoms with Gasteiger partial charge in [-0.3, -0.25) is 9.59 Å². The molecule has 0 saturated carbocycles. The maximum absolute atomic E-state index is 12.7. The number of nitrogens with one attached hydrogen (secondary N) is 1. The molecule has 0 unspecified atom stereocenters. The predicted octanol–water partition coefficient (Wildman–Crippen LogP) is 4.93. The van der Waals surface area contributed by atoms with Crippen LogP contribution in [0.5, 0.6) is 5.75 Å². The number of fused-ring (bicyclic) bond motifs is 2. The summed E-state index contributed by atoms with van der Waals surface area (Å²) < 4.78 is 11.3. The maximum Gasteiger partial charge on any atom is 0.262 e. The number of ether oxygens (including phenoxy) is 1. The molecular formula is C22H16ClNO4. The van der Waals surface area contributed by atoms with E-state index in [2.05, 4.69) is 5.32 Å². The Morgan fingerprint density at radius 2 is 1.79 bits per heavy atom. The van der Waals surface area contributed by atoms with Crippen molar-refractivity contribution in [1.29, 1.82) is 0 Å². The van der Waals surface area contributed by atoms with Gasteiger partial charge in [-0.1, -0.05) is 29.8 Å². The molecule has 1 aromatic heterocycles. The molecule has 0 fully saturated rings. The van der Waals surface area contributed by atoms with E-state index in [1.54, 1.807) is 42.5 Å². The molecule has 140 valence electrons. The van der Waals surface area contributed by atoms with E-state index in [1.807, 2.05) is 25.1 Å². The molecule has 0 aliphatic carbocycles. The third-order valence-electron chi connectivity index (χ3n) is 4.35. The van der Waals surface area contributed by atoms with Crippen molar-refractivity contribution in [3.05, 3.63) is 81.5 Å². The Kier molecular flexibility index (Phi) is 4.75. The molecule has 1 N–H and O–H groups in total. The quantitative estimate of drug-likeness (QED) is 0.499. The van der Waals surface area contributed by atoms with Crippen molar-refractivity contribution < 1.29 is 13.9 Å². The zero-order chi connectivity index (χ0) is 19.7. The van der Waals surface area contributed by atoms with Crippen LogP contribution in [-0.4, -0.2) is 12.5 Å². The molecule has 0 saturated heterocycles. The summed E-state index contributed by atoms with van der Waals surface area (Å²) in [5.41, 5.74) is 2.02. The highest BCUT2D eigenvalue weighted by Crippen LogP contribution is 2.26. The van der Waals surface area contributed by atoms with Gasteiger partial charge in [0.15, 0.2) is 6.61 Å². The summed E-state index contributed by atoms with van der Waals surface area (Å²) in [5, 5.41) is 4.11. The van der Waals surface area contributed by atoms with Crippen LogP contribution in [0.2, 0.25) is 5.02 Å². The number of anilines is 1. The summed E-state index contributed by atoms with van der Waals surface area (Å²) in [6, 6.07) is 17.3. The first-order chi connectivity index (χ1) is 13.5. The highest BCUT2D eigenvalue weighted by molar-refractivity contribution is 6.32. The SMILES string of the molecule is Cc1cc2oc3cc(NC(=O)COc4ccccc4)ccc3c(=O)c2cc1Cl. The van der Waals surface area contributed by atoms with Crippen LogP contribution in [0.4, 0.5) is 5.69 Å². The van der Waals surface area contributed by atoms with E-state index in [4.69, 9.17) is 20.8 Å². The second kappa shape index (κ2) is 7.37. The number of hydrogen-bond donors (Lipinski definition) is 1. The van der Waals surface area contributed by atoms with Gasteiger partial charge in [-0.15, -0.1) is 0 Å². The van der Waals surface area contributed by atoms with Crippen LogP contribution in [0.3, 0.4) is 0 Å². The number of carbonyl (C=O) groups is 1. The fourth-order valence-electron chi connectivity index (χ4n) is 2.92. The first-order valence-electron chi connectivity index (χ1n) is 8.66. The number of para-hydroxylation sites is 1. The molecule has 6 heteroatoms.